The van der Waals surface area contributed by atoms with Crippen molar-refractivity contribution in [3.63, 3.8) is 0 Å². The van der Waals surface area contributed by atoms with Crippen LogP contribution in [0.2, 0.25) is 0 Å². The van der Waals surface area contributed by atoms with Crippen molar-refractivity contribution in [1.29, 1.82) is 0 Å². The maximum absolute atomic E-state index is 12.5. The zero-order valence-corrected chi connectivity index (χ0v) is 16.9. The fraction of sp³-hybridized carbons (Fsp3) is 0.450. The third-order valence-electron chi connectivity index (χ3n) is 4.65. The van der Waals surface area contributed by atoms with Crippen LogP contribution in [0.15, 0.2) is 34.1 Å². The highest BCUT2D eigenvalue weighted by Crippen LogP contribution is 2.29. The first kappa shape index (κ1) is 19.6. The summed E-state index contributed by atoms with van der Waals surface area (Å²) >= 11 is 1.36. The second-order valence-electron chi connectivity index (χ2n) is 7.14. The first-order chi connectivity index (χ1) is 12.9. The Balaban J connectivity index is 1.69. The Kier molecular flexibility index (Phi) is 6.34. The third-order valence-corrected chi connectivity index (χ3v) is 5.66. The normalized spacial score (nSPS) is 13.0. The zero-order chi connectivity index (χ0) is 19.4. The molecule has 6 nitrogen and oxygen atoms in total. The monoisotopic (exact) mass is 386 g/mol. The molecule has 2 aromatic rings. The van der Waals surface area contributed by atoms with Gasteiger partial charge in [0, 0.05) is 30.0 Å². The molecule has 1 aliphatic rings. The van der Waals surface area contributed by atoms with Gasteiger partial charge in [-0.2, -0.15) is 4.98 Å². The van der Waals surface area contributed by atoms with E-state index in [0.717, 1.165) is 48.3 Å². The first-order valence-electron chi connectivity index (χ1n) is 9.20. The number of carbonyl (C=O) groups is 1. The van der Waals surface area contributed by atoms with Crippen molar-refractivity contribution in [2.75, 3.05) is 31.7 Å². The molecule has 0 bridgehead atoms. The number of fused-ring (bicyclic) bond motifs is 1. The molecule has 3 rings (SSSR count). The van der Waals surface area contributed by atoms with Crippen molar-refractivity contribution in [3.05, 3.63) is 51.6 Å². The summed E-state index contributed by atoms with van der Waals surface area (Å²) < 4.78 is 1.80. The molecule has 1 heterocycles. The molecule has 0 fully saturated rings. The Labute approximate surface area is 164 Å². The summed E-state index contributed by atoms with van der Waals surface area (Å²) in [5.74, 6) is 0.156. The van der Waals surface area contributed by atoms with E-state index in [1.54, 1.807) is 4.57 Å². The quantitative estimate of drug-likeness (QED) is 0.584. The summed E-state index contributed by atoms with van der Waals surface area (Å²) in [4.78, 5) is 31.1. The van der Waals surface area contributed by atoms with Crippen LogP contribution in [0.4, 0.5) is 5.69 Å². The summed E-state index contributed by atoms with van der Waals surface area (Å²) in [5, 5.41) is 3.60. The highest BCUT2D eigenvalue weighted by Gasteiger charge is 2.22. The molecule has 1 amide bonds. The van der Waals surface area contributed by atoms with E-state index in [4.69, 9.17) is 0 Å². The van der Waals surface area contributed by atoms with E-state index in [0.29, 0.717) is 11.6 Å². The van der Waals surface area contributed by atoms with E-state index in [2.05, 4.69) is 15.2 Å². The summed E-state index contributed by atoms with van der Waals surface area (Å²) in [6.07, 6.45) is 2.86. The second kappa shape index (κ2) is 8.71. The molecule has 7 heteroatoms. The number of aromatic nitrogens is 2. The standard InChI is InChI=1S/C20H26N4O2S/c1-14-7-9-15(10-8-14)21-18(25)13-27-19-16-5-4-6-17(16)24(20(26)22-19)12-11-23(2)3/h7-10H,4-6,11-13H2,1-3H3,(H,21,25). The van der Waals surface area contributed by atoms with Crippen LogP contribution in [0.5, 0.6) is 0 Å². The molecule has 0 radical (unpaired) electrons. The number of nitrogens with zero attached hydrogens (tertiary/aromatic N) is 3. The lowest BCUT2D eigenvalue weighted by atomic mass is 10.2. The molecule has 0 saturated heterocycles. The van der Waals surface area contributed by atoms with Gasteiger partial charge < -0.3 is 10.2 Å². The summed E-state index contributed by atoms with van der Waals surface area (Å²) in [6, 6.07) is 7.70. The van der Waals surface area contributed by atoms with Gasteiger partial charge in [-0.3, -0.25) is 9.36 Å². The van der Waals surface area contributed by atoms with Crippen LogP contribution in [-0.2, 0) is 24.2 Å². The zero-order valence-electron chi connectivity index (χ0n) is 16.1. The van der Waals surface area contributed by atoms with Crippen LogP contribution in [0, 0.1) is 6.92 Å². The van der Waals surface area contributed by atoms with Crippen LogP contribution >= 0.6 is 11.8 Å². The smallest absolute Gasteiger partial charge is 0.325 e. The van der Waals surface area contributed by atoms with Gasteiger partial charge in [-0.1, -0.05) is 29.5 Å². The predicted octanol–water partition coefficient (Wildman–Crippen LogP) is 2.33. The average molecular weight is 387 g/mol. The van der Waals surface area contributed by atoms with E-state index < -0.39 is 0 Å². The van der Waals surface area contributed by atoms with Crippen LogP contribution < -0.4 is 11.0 Å². The fourth-order valence-corrected chi connectivity index (χ4v) is 4.08. The summed E-state index contributed by atoms with van der Waals surface area (Å²) in [6.45, 7) is 3.47. The molecule has 0 aliphatic heterocycles. The molecule has 0 saturated carbocycles. The van der Waals surface area contributed by atoms with E-state index in [1.807, 2.05) is 45.3 Å². The molecule has 0 atom stereocenters. The minimum Gasteiger partial charge on any atom is -0.325 e. The minimum atomic E-state index is -0.209. The molecule has 0 unspecified atom stereocenters. The van der Waals surface area contributed by atoms with Gasteiger partial charge in [0.1, 0.15) is 5.03 Å². The van der Waals surface area contributed by atoms with Crippen molar-refractivity contribution < 1.29 is 4.79 Å². The highest BCUT2D eigenvalue weighted by atomic mass is 32.2. The number of rotatable bonds is 7. The minimum absolute atomic E-state index is 0.0887. The lowest BCUT2D eigenvalue weighted by molar-refractivity contribution is -0.113. The number of nitrogens with one attached hydrogen (secondary N) is 1. The SMILES string of the molecule is Cc1ccc(NC(=O)CSc2nc(=O)n(CCN(C)C)c3c2CCC3)cc1. The number of thioether (sulfide) groups is 1. The van der Waals surface area contributed by atoms with Crippen molar-refractivity contribution >= 4 is 23.4 Å². The number of anilines is 1. The van der Waals surface area contributed by atoms with Gasteiger partial charge in [-0.25, -0.2) is 4.79 Å². The molecule has 1 aliphatic carbocycles. The molecule has 144 valence electrons. The lowest BCUT2D eigenvalue weighted by Gasteiger charge is -2.16. The Morgan fingerprint density at radius 2 is 2.00 bits per heavy atom. The van der Waals surface area contributed by atoms with Gasteiger partial charge in [0.15, 0.2) is 0 Å². The Hall–Kier alpha value is -2.12. The fourth-order valence-electron chi connectivity index (χ4n) is 3.20. The number of carbonyl (C=O) groups excluding carboxylic acids is 1. The van der Waals surface area contributed by atoms with Gasteiger partial charge >= 0.3 is 5.69 Å². The Morgan fingerprint density at radius 3 is 2.70 bits per heavy atom. The molecule has 1 aromatic carbocycles. The topological polar surface area (TPSA) is 67.2 Å². The van der Waals surface area contributed by atoms with Gasteiger partial charge in [0.25, 0.3) is 0 Å². The largest absolute Gasteiger partial charge is 0.348 e. The van der Waals surface area contributed by atoms with Crippen LogP contribution in [0.25, 0.3) is 0 Å². The number of benzene rings is 1. The third kappa shape index (κ3) is 4.99. The number of amides is 1. The van der Waals surface area contributed by atoms with Crippen molar-refractivity contribution in [3.8, 4) is 0 Å². The van der Waals surface area contributed by atoms with Crippen LogP contribution in [-0.4, -0.2) is 46.8 Å². The molecule has 27 heavy (non-hydrogen) atoms. The molecule has 1 aromatic heterocycles. The van der Waals surface area contributed by atoms with E-state index in [-0.39, 0.29) is 17.3 Å². The average Bonchev–Trinajstić information content (AvgIpc) is 3.10. The summed E-state index contributed by atoms with van der Waals surface area (Å²) in [7, 11) is 3.99. The number of hydrogen-bond acceptors (Lipinski definition) is 5. The van der Waals surface area contributed by atoms with Crippen LogP contribution in [0.3, 0.4) is 0 Å². The van der Waals surface area contributed by atoms with E-state index >= 15 is 0 Å². The lowest BCUT2D eigenvalue weighted by Crippen LogP contribution is -2.31. The Morgan fingerprint density at radius 1 is 1.26 bits per heavy atom. The number of likely N-dealkylation sites (N-methyl/N-ethyl adjacent to an activating group) is 1. The molecular formula is C20H26N4O2S. The van der Waals surface area contributed by atoms with Gasteiger partial charge in [-0.15, -0.1) is 0 Å². The molecule has 1 N–H and O–H groups in total. The van der Waals surface area contributed by atoms with E-state index in [9.17, 15) is 9.59 Å². The van der Waals surface area contributed by atoms with Gasteiger partial charge in [0.05, 0.1) is 5.75 Å². The van der Waals surface area contributed by atoms with Crippen molar-refractivity contribution in [2.24, 2.45) is 0 Å². The molecular weight excluding hydrogens is 360 g/mol. The van der Waals surface area contributed by atoms with Crippen molar-refractivity contribution in [2.45, 2.75) is 37.8 Å². The van der Waals surface area contributed by atoms with Crippen LogP contribution in [0.1, 0.15) is 23.2 Å². The number of hydrogen-bond donors (Lipinski definition) is 1. The molecule has 0 spiro atoms. The Bertz CT molecular complexity index is 875. The second-order valence-corrected chi connectivity index (χ2v) is 8.10. The number of aryl methyl sites for hydroxylation is 1. The van der Waals surface area contributed by atoms with Crippen molar-refractivity contribution in [1.82, 2.24) is 14.5 Å². The first-order valence-corrected chi connectivity index (χ1v) is 10.2. The summed E-state index contributed by atoms with van der Waals surface area (Å²) in [5.41, 5.74) is 3.96. The highest BCUT2D eigenvalue weighted by molar-refractivity contribution is 8.00. The van der Waals surface area contributed by atoms with Gasteiger partial charge in [0.2, 0.25) is 5.91 Å². The maximum atomic E-state index is 12.5. The predicted molar refractivity (Wildman–Crippen MR) is 110 cm³/mol. The van der Waals surface area contributed by atoms with E-state index in [1.165, 1.54) is 11.8 Å². The maximum Gasteiger partial charge on any atom is 0.348 e. The van der Waals surface area contributed by atoms with Gasteiger partial charge in [-0.05, 0) is 52.4 Å².